The highest BCUT2D eigenvalue weighted by Gasteiger charge is 2.54. The molecule has 252 valence electrons. The van der Waals surface area contributed by atoms with Crippen LogP contribution >= 0.6 is 11.6 Å². The van der Waals surface area contributed by atoms with E-state index in [-0.39, 0.29) is 52.4 Å². The third-order valence-electron chi connectivity index (χ3n) is 9.56. The molecule has 0 radical (unpaired) electrons. The third-order valence-corrected chi connectivity index (χ3v) is 9.87. The van der Waals surface area contributed by atoms with Crippen LogP contribution in [0.25, 0.3) is 11.0 Å². The van der Waals surface area contributed by atoms with Crippen molar-refractivity contribution in [3.05, 3.63) is 64.6 Å². The second kappa shape index (κ2) is 14.0. The predicted molar refractivity (Wildman–Crippen MR) is 174 cm³/mol. The normalized spacial score (nSPS) is 25.4. The Labute approximate surface area is 278 Å². The number of aliphatic carboxylic acids is 1. The minimum atomic E-state index is -1.49. The molecule has 0 bridgehead atoms. The topological polar surface area (TPSA) is 122 Å². The van der Waals surface area contributed by atoms with E-state index in [4.69, 9.17) is 25.5 Å². The highest BCUT2D eigenvalue weighted by Crippen LogP contribution is 2.38. The number of halogens is 2. The number of furan rings is 1. The zero-order valence-corrected chi connectivity index (χ0v) is 27.4. The molecule has 2 saturated heterocycles. The van der Waals surface area contributed by atoms with Crippen LogP contribution in [0.15, 0.2) is 47.1 Å². The smallest absolute Gasteiger partial charge is 0.306 e. The van der Waals surface area contributed by atoms with E-state index in [1.165, 1.54) is 12.3 Å². The van der Waals surface area contributed by atoms with Crippen LogP contribution in [0.4, 0.5) is 10.1 Å². The van der Waals surface area contributed by atoms with E-state index >= 15 is 4.39 Å². The molecular formula is C35H41ClFN3O7. The molecule has 3 atom stereocenters. The summed E-state index contributed by atoms with van der Waals surface area (Å²) in [6.45, 7) is 6.06. The Bertz CT molecular complexity index is 1620. The standard InChI is InChI=1S/C35H41ClFN3O7/c1-21-18-40(19-22(2)46-21)35(39-13-5-6-14-39,47-25-11-9-23(10-12-25)34(43)44)32(41)16-24-15-28(36)30(17-29(24)37)38-33(42)27-20-45-31-8-4-3-7-26(27)31/h3-4,7-8,15,17,20-23,25H,5-6,9-14,16,18-19H2,1-2H3,(H,38,42)(H,43,44)/t21-,22+,23-,25-,35?. The Morgan fingerprint density at radius 2 is 1.72 bits per heavy atom. The molecular weight excluding hydrogens is 629 g/mol. The van der Waals surface area contributed by atoms with Crippen molar-refractivity contribution in [3.8, 4) is 0 Å². The number of ketones is 1. The van der Waals surface area contributed by atoms with E-state index in [9.17, 15) is 19.5 Å². The molecule has 1 amide bonds. The number of nitrogens with one attached hydrogen (secondary N) is 1. The van der Waals surface area contributed by atoms with E-state index in [0.29, 0.717) is 62.8 Å². The maximum atomic E-state index is 15.8. The molecule has 1 saturated carbocycles. The molecule has 3 aromatic rings. The van der Waals surface area contributed by atoms with E-state index in [1.54, 1.807) is 24.3 Å². The van der Waals surface area contributed by atoms with Crippen LogP contribution in [0.2, 0.25) is 5.02 Å². The molecule has 12 heteroatoms. The summed E-state index contributed by atoms with van der Waals surface area (Å²) in [4.78, 5) is 43.6. The van der Waals surface area contributed by atoms with Gasteiger partial charge in [-0.25, -0.2) is 4.39 Å². The number of likely N-dealkylation sites (tertiary alicyclic amines) is 1. The number of anilines is 1. The number of nitrogens with zero attached hydrogens (tertiary/aromatic N) is 2. The zero-order valence-electron chi connectivity index (χ0n) is 26.7. The Balaban J connectivity index is 1.29. The van der Waals surface area contributed by atoms with Gasteiger partial charge < -0.3 is 24.3 Å². The maximum absolute atomic E-state index is 15.8. The van der Waals surface area contributed by atoms with Crippen molar-refractivity contribution in [2.75, 3.05) is 31.5 Å². The van der Waals surface area contributed by atoms with Crippen molar-refractivity contribution in [3.63, 3.8) is 0 Å². The number of fused-ring (bicyclic) bond motifs is 1. The quantitative estimate of drug-likeness (QED) is 0.263. The van der Waals surface area contributed by atoms with Gasteiger partial charge in [-0.05, 0) is 76.1 Å². The highest BCUT2D eigenvalue weighted by atomic mass is 35.5. The first-order valence-corrected chi connectivity index (χ1v) is 16.8. The fraction of sp³-hybridized carbons (Fsp3) is 0.514. The van der Waals surface area contributed by atoms with Crippen LogP contribution in [0.3, 0.4) is 0 Å². The average molecular weight is 670 g/mol. The molecule has 3 fully saturated rings. The summed E-state index contributed by atoms with van der Waals surface area (Å²) in [5.74, 6) is -4.25. The first-order chi connectivity index (χ1) is 22.5. The summed E-state index contributed by atoms with van der Waals surface area (Å²) < 4.78 is 34.2. The first kappa shape index (κ1) is 33.5. The first-order valence-electron chi connectivity index (χ1n) is 16.4. The molecule has 10 nitrogen and oxygen atoms in total. The summed E-state index contributed by atoms with van der Waals surface area (Å²) >= 11 is 6.60. The molecule has 6 rings (SSSR count). The Morgan fingerprint density at radius 3 is 2.40 bits per heavy atom. The van der Waals surface area contributed by atoms with Crippen LogP contribution in [0.1, 0.15) is 68.3 Å². The van der Waals surface area contributed by atoms with E-state index in [2.05, 4.69) is 10.2 Å². The van der Waals surface area contributed by atoms with Gasteiger partial charge in [-0.15, -0.1) is 0 Å². The second-order valence-corrected chi connectivity index (χ2v) is 13.4. The summed E-state index contributed by atoms with van der Waals surface area (Å²) in [7, 11) is 0. The third kappa shape index (κ3) is 6.96. The maximum Gasteiger partial charge on any atom is 0.306 e. The molecule has 0 spiro atoms. The monoisotopic (exact) mass is 669 g/mol. The molecule has 3 aliphatic rings. The van der Waals surface area contributed by atoms with Crippen molar-refractivity contribution >= 4 is 45.9 Å². The molecule has 2 aromatic carbocycles. The number of hydrogen-bond acceptors (Lipinski definition) is 8. The SMILES string of the molecule is C[C@@H]1CN(C(O[C@H]2CC[C@H](C(=O)O)CC2)(C(=O)Cc2cc(Cl)c(NC(=O)c3coc4ccccc34)cc2F)N2CCCC2)C[C@H](C)O1. The van der Waals surface area contributed by atoms with Crippen LogP contribution in [0, 0.1) is 11.7 Å². The van der Waals surface area contributed by atoms with Gasteiger partial charge >= 0.3 is 5.97 Å². The van der Waals surface area contributed by atoms with Crippen molar-refractivity contribution in [1.29, 1.82) is 0 Å². The number of carboxylic acids is 1. The number of carbonyl (C=O) groups is 3. The number of amides is 1. The van der Waals surface area contributed by atoms with Crippen molar-refractivity contribution in [2.24, 2.45) is 5.92 Å². The molecule has 2 N–H and O–H groups in total. The number of Topliss-reactive ketones (excluding diaryl/α,β-unsaturated/α-hetero) is 1. The minimum Gasteiger partial charge on any atom is -0.481 e. The van der Waals surface area contributed by atoms with Gasteiger partial charge in [-0.1, -0.05) is 29.8 Å². The Hall–Kier alpha value is -3.35. The highest BCUT2D eigenvalue weighted by molar-refractivity contribution is 6.34. The van der Waals surface area contributed by atoms with Gasteiger partial charge in [0.25, 0.3) is 5.91 Å². The number of benzene rings is 2. The Morgan fingerprint density at radius 1 is 1.04 bits per heavy atom. The van der Waals surface area contributed by atoms with Crippen molar-refractivity contribution < 1.29 is 37.8 Å². The lowest BCUT2D eigenvalue weighted by Crippen LogP contribution is -2.71. The van der Waals surface area contributed by atoms with Crippen LogP contribution in [-0.4, -0.2) is 82.9 Å². The van der Waals surface area contributed by atoms with Crippen LogP contribution in [-0.2, 0) is 25.5 Å². The lowest BCUT2D eigenvalue weighted by atomic mass is 9.87. The number of para-hydroxylation sites is 1. The van der Waals surface area contributed by atoms with Gasteiger partial charge in [0.05, 0.1) is 40.5 Å². The van der Waals surface area contributed by atoms with Crippen LogP contribution in [0.5, 0.6) is 0 Å². The van der Waals surface area contributed by atoms with Crippen molar-refractivity contribution in [2.45, 2.75) is 83.0 Å². The largest absolute Gasteiger partial charge is 0.481 e. The summed E-state index contributed by atoms with van der Waals surface area (Å²) in [5.41, 5.74) is 0.994. The molecule has 2 aliphatic heterocycles. The fourth-order valence-corrected chi connectivity index (χ4v) is 7.56. The van der Waals surface area contributed by atoms with Crippen LogP contribution < -0.4 is 5.32 Å². The average Bonchev–Trinajstić information content (AvgIpc) is 3.73. The Kier molecular flexibility index (Phi) is 10.0. The fourth-order valence-electron chi connectivity index (χ4n) is 7.32. The predicted octanol–water partition coefficient (Wildman–Crippen LogP) is 6.11. The number of carboxylic acid groups (broad SMARTS) is 1. The molecule has 1 unspecified atom stereocenters. The van der Waals surface area contributed by atoms with Gasteiger partial charge in [-0.2, -0.15) is 0 Å². The van der Waals surface area contributed by atoms with Gasteiger partial charge in [0.2, 0.25) is 5.85 Å². The number of rotatable bonds is 10. The summed E-state index contributed by atoms with van der Waals surface area (Å²) in [6.07, 6.45) is 4.10. The van der Waals surface area contributed by atoms with Gasteiger partial charge in [0.1, 0.15) is 17.7 Å². The molecule has 1 aromatic heterocycles. The van der Waals surface area contributed by atoms with Gasteiger partial charge in [-0.3, -0.25) is 24.2 Å². The molecule has 47 heavy (non-hydrogen) atoms. The lowest BCUT2D eigenvalue weighted by Gasteiger charge is -2.52. The number of ether oxygens (including phenoxy) is 2. The van der Waals surface area contributed by atoms with Crippen molar-refractivity contribution in [1.82, 2.24) is 9.80 Å². The zero-order chi connectivity index (χ0) is 33.3. The second-order valence-electron chi connectivity index (χ2n) is 13.0. The number of carbonyl (C=O) groups excluding carboxylic acids is 2. The summed E-state index contributed by atoms with van der Waals surface area (Å²) in [6, 6.07) is 9.61. The number of hydrogen-bond donors (Lipinski definition) is 2. The minimum absolute atomic E-state index is 0.0729. The number of morpholine rings is 1. The van der Waals surface area contributed by atoms with E-state index in [1.807, 2.05) is 18.7 Å². The molecule has 3 heterocycles. The molecule has 1 aliphatic carbocycles. The lowest BCUT2D eigenvalue weighted by molar-refractivity contribution is -0.274. The van der Waals surface area contributed by atoms with Gasteiger partial charge in [0.15, 0.2) is 5.78 Å². The van der Waals surface area contributed by atoms with E-state index < -0.39 is 29.5 Å². The summed E-state index contributed by atoms with van der Waals surface area (Å²) in [5, 5.41) is 12.9. The van der Waals surface area contributed by atoms with Gasteiger partial charge in [0, 0.05) is 38.0 Å². The van der Waals surface area contributed by atoms with E-state index in [0.717, 1.165) is 18.9 Å².